The molecule has 0 N–H and O–H groups in total. The van der Waals surface area contributed by atoms with Crippen molar-refractivity contribution in [2.45, 2.75) is 5.41 Å². The lowest BCUT2D eigenvalue weighted by Gasteiger charge is -2.39. The minimum atomic E-state index is -0.538. The Balaban J connectivity index is 0.986. The molecule has 0 atom stereocenters. The van der Waals surface area contributed by atoms with Gasteiger partial charge in [-0.3, -0.25) is 0 Å². The second-order valence-electron chi connectivity index (χ2n) is 16.1. The quantitative estimate of drug-likeness (QED) is 0.168. The summed E-state index contributed by atoms with van der Waals surface area (Å²) in [4.78, 5) is 10.5. The van der Waals surface area contributed by atoms with Crippen LogP contribution in [0.4, 0.5) is 0 Å². The molecule has 62 heavy (non-hydrogen) atoms. The van der Waals surface area contributed by atoms with Crippen LogP contribution in [0.15, 0.2) is 231 Å². The Hall–Kier alpha value is -8.14. The molecule has 1 aromatic heterocycles. The summed E-state index contributed by atoms with van der Waals surface area (Å²) in [6, 6.07) is 81.9. The molecule has 0 saturated carbocycles. The number of hydrogen-bond donors (Lipinski definition) is 0. The second-order valence-corrected chi connectivity index (χ2v) is 16.1. The largest absolute Gasteiger partial charge is 0.457 e. The fourth-order valence-electron chi connectivity index (χ4n) is 9.67. The molecule has 1 aliphatic carbocycles. The maximum Gasteiger partial charge on any atom is 0.160 e. The first kappa shape index (κ1) is 35.8. The summed E-state index contributed by atoms with van der Waals surface area (Å²) in [5.74, 6) is 2.43. The number of para-hydroxylation sites is 1. The number of fused-ring (bicyclic) bond motifs is 9. The molecule has 2 aliphatic rings. The zero-order chi connectivity index (χ0) is 41.0. The summed E-state index contributed by atoms with van der Waals surface area (Å²) >= 11 is 0. The van der Waals surface area contributed by atoms with Gasteiger partial charge in [-0.05, 0) is 86.0 Å². The molecule has 10 aromatic rings. The Morgan fingerprint density at radius 1 is 0.274 bits per heavy atom. The number of rotatable bonds is 6. The van der Waals surface area contributed by atoms with Crippen LogP contribution in [0.25, 0.3) is 78.4 Å². The van der Waals surface area contributed by atoms with Gasteiger partial charge in [-0.25, -0.2) is 9.97 Å². The maximum absolute atomic E-state index is 6.73. The first-order chi connectivity index (χ1) is 30.7. The van der Waals surface area contributed by atoms with Gasteiger partial charge in [0, 0.05) is 27.8 Å². The van der Waals surface area contributed by atoms with Crippen molar-refractivity contribution in [3.05, 3.63) is 253 Å². The molecule has 0 fully saturated rings. The van der Waals surface area contributed by atoms with Crippen LogP contribution >= 0.6 is 0 Å². The highest BCUT2D eigenvalue weighted by Gasteiger charge is 2.51. The predicted octanol–water partition coefficient (Wildman–Crippen LogP) is 14.9. The summed E-state index contributed by atoms with van der Waals surface area (Å²) in [6.45, 7) is 0. The lowest BCUT2D eigenvalue weighted by atomic mass is 9.66. The van der Waals surface area contributed by atoms with E-state index in [-0.39, 0.29) is 0 Å². The number of benzene rings is 9. The van der Waals surface area contributed by atoms with E-state index >= 15 is 0 Å². The van der Waals surface area contributed by atoms with E-state index in [0.29, 0.717) is 5.82 Å². The average Bonchev–Trinajstić information content (AvgIpc) is 3.65. The van der Waals surface area contributed by atoms with Crippen LogP contribution in [-0.2, 0) is 5.41 Å². The van der Waals surface area contributed by atoms with Gasteiger partial charge in [0.2, 0.25) is 0 Å². The van der Waals surface area contributed by atoms with E-state index in [1.54, 1.807) is 0 Å². The topological polar surface area (TPSA) is 35.0 Å². The van der Waals surface area contributed by atoms with Crippen molar-refractivity contribution in [3.8, 4) is 89.9 Å². The summed E-state index contributed by atoms with van der Waals surface area (Å²) in [5.41, 5.74) is 18.4. The van der Waals surface area contributed by atoms with Crippen molar-refractivity contribution in [3.63, 3.8) is 0 Å². The predicted molar refractivity (Wildman–Crippen MR) is 252 cm³/mol. The van der Waals surface area contributed by atoms with Crippen LogP contribution in [0.5, 0.6) is 11.5 Å². The molecule has 3 nitrogen and oxygen atoms in total. The Bertz CT molecular complexity index is 3150. The summed E-state index contributed by atoms with van der Waals surface area (Å²) in [5, 5.41) is 0. The molecule has 12 rings (SSSR count). The standard InChI is InChI=1S/C59H38N2O/c1-3-14-39(15-4-1)41-26-30-43(31-27-41)54-38-55(44-32-28-42(29-33-44)40-16-5-2-6-17-40)61-58(60-54)47-19-13-18-45(36-47)46-34-35-57-53(37-46)59(52-24-11-12-25-56(52)62-57)50-22-9-7-20-48(50)49-21-8-10-23-51(49)59/h1-38H. The van der Waals surface area contributed by atoms with E-state index in [1.165, 1.54) is 44.5 Å². The van der Waals surface area contributed by atoms with Gasteiger partial charge in [-0.2, -0.15) is 0 Å². The molecule has 0 saturated heterocycles. The van der Waals surface area contributed by atoms with Gasteiger partial charge in [0.1, 0.15) is 11.5 Å². The van der Waals surface area contributed by atoms with E-state index in [2.05, 4.69) is 218 Å². The van der Waals surface area contributed by atoms with Crippen molar-refractivity contribution in [1.29, 1.82) is 0 Å². The normalized spacial score (nSPS) is 12.8. The van der Waals surface area contributed by atoms with E-state index in [1.807, 2.05) is 12.1 Å². The van der Waals surface area contributed by atoms with E-state index in [0.717, 1.165) is 61.8 Å². The number of hydrogen-bond acceptors (Lipinski definition) is 3. The highest BCUT2D eigenvalue weighted by atomic mass is 16.5. The molecule has 0 radical (unpaired) electrons. The van der Waals surface area contributed by atoms with Gasteiger partial charge in [-0.15, -0.1) is 0 Å². The van der Waals surface area contributed by atoms with Crippen LogP contribution < -0.4 is 4.74 Å². The lowest BCUT2D eigenvalue weighted by molar-refractivity contribution is 0.436. The van der Waals surface area contributed by atoms with Gasteiger partial charge < -0.3 is 4.74 Å². The highest BCUT2D eigenvalue weighted by Crippen LogP contribution is 2.62. The van der Waals surface area contributed by atoms with Crippen LogP contribution in [0.2, 0.25) is 0 Å². The molecule has 1 spiro atoms. The third-order valence-corrected chi connectivity index (χ3v) is 12.6. The summed E-state index contributed by atoms with van der Waals surface area (Å²) in [7, 11) is 0. The first-order valence-electron chi connectivity index (χ1n) is 21.1. The van der Waals surface area contributed by atoms with Crippen LogP contribution in [-0.4, -0.2) is 9.97 Å². The molecular weight excluding hydrogens is 753 g/mol. The fraction of sp³-hybridized carbons (Fsp3) is 0.0169. The number of aromatic nitrogens is 2. The smallest absolute Gasteiger partial charge is 0.160 e. The molecule has 290 valence electrons. The fourth-order valence-corrected chi connectivity index (χ4v) is 9.67. The van der Waals surface area contributed by atoms with Crippen molar-refractivity contribution in [2.75, 3.05) is 0 Å². The van der Waals surface area contributed by atoms with Gasteiger partial charge in [0.25, 0.3) is 0 Å². The van der Waals surface area contributed by atoms with Crippen LogP contribution in [0.3, 0.4) is 0 Å². The molecule has 0 unspecified atom stereocenters. The third kappa shape index (κ3) is 5.82. The SMILES string of the molecule is c1ccc(-c2ccc(-c3cc(-c4ccc(-c5ccccc5)cc4)nc(-c4cccc(-c5ccc6c(c5)C5(c7ccccc7O6)c6ccccc6-c6ccccc65)c4)n3)cc2)cc1. The summed E-state index contributed by atoms with van der Waals surface area (Å²) < 4.78 is 6.73. The Kier molecular flexibility index (Phi) is 8.39. The first-order valence-corrected chi connectivity index (χ1v) is 21.1. The minimum Gasteiger partial charge on any atom is -0.457 e. The zero-order valence-corrected chi connectivity index (χ0v) is 33.7. The molecule has 3 heteroatoms. The van der Waals surface area contributed by atoms with E-state index in [4.69, 9.17) is 14.7 Å². The molecule has 9 aromatic carbocycles. The number of ether oxygens (including phenoxy) is 1. The molecule has 0 amide bonds. The Labute approximate surface area is 361 Å². The minimum absolute atomic E-state index is 0.538. The van der Waals surface area contributed by atoms with Gasteiger partial charge >= 0.3 is 0 Å². The second kappa shape index (κ2) is 14.5. The summed E-state index contributed by atoms with van der Waals surface area (Å²) in [6.07, 6.45) is 0. The highest BCUT2D eigenvalue weighted by molar-refractivity contribution is 5.89. The van der Waals surface area contributed by atoms with Gasteiger partial charge in [0.15, 0.2) is 5.82 Å². The molecule has 1 aliphatic heterocycles. The van der Waals surface area contributed by atoms with E-state index < -0.39 is 5.41 Å². The van der Waals surface area contributed by atoms with Crippen molar-refractivity contribution < 1.29 is 4.74 Å². The molecular formula is C59H38N2O. The van der Waals surface area contributed by atoms with Crippen LogP contribution in [0.1, 0.15) is 22.3 Å². The van der Waals surface area contributed by atoms with Crippen molar-refractivity contribution in [1.82, 2.24) is 9.97 Å². The monoisotopic (exact) mass is 790 g/mol. The number of nitrogens with zero attached hydrogens (tertiary/aromatic N) is 2. The van der Waals surface area contributed by atoms with Crippen LogP contribution in [0, 0.1) is 0 Å². The third-order valence-electron chi connectivity index (χ3n) is 12.6. The lowest BCUT2D eigenvalue weighted by Crippen LogP contribution is -2.32. The Morgan fingerprint density at radius 2 is 0.694 bits per heavy atom. The zero-order valence-electron chi connectivity index (χ0n) is 33.7. The van der Waals surface area contributed by atoms with Gasteiger partial charge in [-0.1, -0.05) is 200 Å². The van der Waals surface area contributed by atoms with Crippen molar-refractivity contribution >= 4 is 0 Å². The maximum atomic E-state index is 6.73. The Morgan fingerprint density at radius 3 is 1.29 bits per heavy atom. The van der Waals surface area contributed by atoms with Crippen molar-refractivity contribution in [2.24, 2.45) is 0 Å². The van der Waals surface area contributed by atoms with Gasteiger partial charge in [0.05, 0.1) is 16.8 Å². The van der Waals surface area contributed by atoms with E-state index in [9.17, 15) is 0 Å². The average molecular weight is 791 g/mol. The molecule has 0 bridgehead atoms. The molecule has 2 heterocycles.